The average molecular weight is 323 g/mol. The molecule has 0 fully saturated rings. The highest BCUT2D eigenvalue weighted by molar-refractivity contribution is 7.89. The Hall–Kier alpha value is -0.660. The van der Waals surface area contributed by atoms with Gasteiger partial charge in [0.25, 0.3) is 0 Å². The zero-order chi connectivity index (χ0) is 16.3. The van der Waals surface area contributed by atoms with Crippen LogP contribution >= 0.6 is 0 Å². The molecule has 1 unspecified atom stereocenters. The molecule has 0 aliphatic heterocycles. The van der Waals surface area contributed by atoms with Gasteiger partial charge in [-0.25, -0.2) is 13.1 Å². The van der Waals surface area contributed by atoms with Crippen LogP contribution in [0.2, 0.25) is 0 Å². The molecule has 1 atom stereocenters. The third-order valence-electron chi connectivity index (χ3n) is 3.14. The van der Waals surface area contributed by atoms with Gasteiger partial charge in [0.05, 0.1) is 18.5 Å². The summed E-state index contributed by atoms with van der Waals surface area (Å²) in [5, 5.41) is 8.70. The molecule has 6 nitrogen and oxygen atoms in total. The molecule has 0 spiro atoms. The lowest BCUT2D eigenvalue weighted by Crippen LogP contribution is -2.30. The van der Waals surface area contributed by atoms with Crippen molar-refractivity contribution in [1.82, 2.24) is 4.72 Å². The number of carbonyl (C=O) groups is 1. The van der Waals surface area contributed by atoms with Gasteiger partial charge in [0.1, 0.15) is 0 Å². The number of carboxylic acids is 1. The molecule has 0 rings (SSSR count). The Morgan fingerprint density at radius 2 is 1.90 bits per heavy atom. The van der Waals surface area contributed by atoms with Crippen LogP contribution in [0.5, 0.6) is 0 Å². The summed E-state index contributed by atoms with van der Waals surface area (Å²) in [6.45, 7) is 6.30. The van der Waals surface area contributed by atoms with E-state index in [-0.39, 0.29) is 30.8 Å². The summed E-state index contributed by atoms with van der Waals surface area (Å²) < 4.78 is 31.2. The number of aliphatic carboxylic acids is 1. The smallest absolute Gasteiger partial charge is 0.303 e. The first kappa shape index (κ1) is 20.3. The quantitative estimate of drug-likeness (QED) is 0.541. The molecule has 0 aromatic heterocycles. The van der Waals surface area contributed by atoms with Crippen LogP contribution < -0.4 is 4.72 Å². The van der Waals surface area contributed by atoms with Crippen LogP contribution in [0.15, 0.2) is 0 Å². The molecule has 0 heterocycles. The number of hydrogen-bond acceptors (Lipinski definition) is 4. The van der Waals surface area contributed by atoms with E-state index in [1.54, 1.807) is 0 Å². The van der Waals surface area contributed by atoms with Crippen molar-refractivity contribution in [3.05, 3.63) is 0 Å². The highest BCUT2D eigenvalue weighted by atomic mass is 32.2. The molecule has 0 saturated heterocycles. The average Bonchev–Trinajstić information content (AvgIpc) is 2.34. The first-order chi connectivity index (χ1) is 9.76. The predicted molar refractivity (Wildman–Crippen MR) is 82.8 cm³/mol. The standard InChI is InChI=1S/C14H29NO5S/c1-4-5-13(6-7-14(16)17)8-9-15-21(18,19)11-10-20-12(2)3/h12-13,15H,4-11H2,1-3H3,(H,16,17). The van der Waals surface area contributed by atoms with Gasteiger partial charge in [0.15, 0.2) is 0 Å². The van der Waals surface area contributed by atoms with E-state index in [2.05, 4.69) is 4.72 Å². The minimum Gasteiger partial charge on any atom is -0.481 e. The first-order valence-electron chi connectivity index (χ1n) is 7.57. The van der Waals surface area contributed by atoms with Crippen molar-refractivity contribution in [2.45, 2.75) is 59.0 Å². The van der Waals surface area contributed by atoms with Crippen molar-refractivity contribution < 1.29 is 23.1 Å². The lowest BCUT2D eigenvalue weighted by atomic mass is 9.95. The summed E-state index contributed by atoms with van der Waals surface area (Å²) in [5.74, 6) is -0.595. The molecular formula is C14H29NO5S. The Labute approximate surface area is 128 Å². The Morgan fingerprint density at radius 1 is 1.24 bits per heavy atom. The highest BCUT2D eigenvalue weighted by Gasteiger charge is 2.14. The molecule has 0 radical (unpaired) electrons. The highest BCUT2D eigenvalue weighted by Crippen LogP contribution is 2.17. The maximum absolute atomic E-state index is 11.7. The van der Waals surface area contributed by atoms with Crippen molar-refractivity contribution in [3.63, 3.8) is 0 Å². The number of hydrogen-bond donors (Lipinski definition) is 2. The van der Waals surface area contributed by atoms with Crippen molar-refractivity contribution in [3.8, 4) is 0 Å². The SMILES string of the molecule is CCCC(CCNS(=O)(=O)CCOC(C)C)CCC(=O)O. The summed E-state index contributed by atoms with van der Waals surface area (Å²) >= 11 is 0. The molecule has 0 bridgehead atoms. The predicted octanol–water partition coefficient (Wildman–Crippen LogP) is 2.00. The Morgan fingerprint density at radius 3 is 2.43 bits per heavy atom. The van der Waals surface area contributed by atoms with Crippen LogP contribution in [0.3, 0.4) is 0 Å². The van der Waals surface area contributed by atoms with Crippen LogP contribution in [0.4, 0.5) is 0 Å². The summed E-state index contributed by atoms with van der Waals surface area (Å²) in [4.78, 5) is 10.6. The van der Waals surface area contributed by atoms with Gasteiger partial charge in [-0.1, -0.05) is 19.8 Å². The summed E-state index contributed by atoms with van der Waals surface area (Å²) in [5.41, 5.74) is 0. The van der Waals surface area contributed by atoms with E-state index in [0.717, 1.165) is 12.8 Å². The Balaban J connectivity index is 4.02. The normalized spacial score (nSPS) is 13.5. The molecule has 0 amide bonds. The fourth-order valence-electron chi connectivity index (χ4n) is 2.05. The largest absolute Gasteiger partial charge is 0.481 e. The number of ether oxygens (including phenoxy) is 1. The van der Waals surface area contributed by atoms with E-state index in [1.807, 2.05) is 20.8 Å². The van der Waals surface area contributed by atoms with Crippen LogP contribution in [-0.4, -0.2) is 44.5 Å². The number of rotatable bonds is 13. The summed E-state index contributed by atoms with van der Waals surface area (Å²) in [7, 11) is -3.31. The van der Waals surface area contributed by atoms with E-state index in [4.69, 9.17) is 9.84 Å². The molecule has 0 aliphatic carbocycles. The molecule has 0 saturated carbocycles. The molecule has 2 N–H and O–H groups in total. The van der Waals surface area contributed by atoms with Gasteiger partial charge in [0.2, 0.25) is 10.0 Å². The van der Waals surface area contributed by atoms with Crippen LogP contribution in [0, 0.1) is 5.92 Å². The monoisotopic (exact) mass is 323 g/mol. The lowest BCUT2D eigenvalue weighted by molar-refractivity contribution is -0.137. The summed E-state index contributed by atoms with van der Waals surface area (Å²) in [6, 6.07) is 0. The second-order valence-corrected chi connectivity index (χ2v) is 7.43. The molecule has 0 aromatic carbocycles. The third-order valence-corrected chi connectivity index (χ3v) is 4.49. The fraction of sp³-hybridized carbons (Fsp3) is 0.929. The molecule has 7 heteroatoms. The summed E-state index contributed by atoms with van der Waals surface area (Å²) in [6.07, 6.45) is 3.32. The molecule has 0 aromatic rings. The van der Waals surface area contributed by atoms with Crippen LogP contribution in [0.1, 0.15) is 52.9 Å². The van der Waals surface area contributed by atoms with E-state index < -0.39 is 16.0 Å². The molecule has 126 valence electrons. The van der Waals surface area contributed by atoms with E-state index in [1.165, 1.54) is 0 Å². The minimum atomic E-state index is -3.31. The number of carboxylic acid groups (broad SMARTS) is 1. The minimum absolute atomic E-state index is 0.0187. The number of nitrogens with one attached hydrogen (secondary N) is 1. The Bertz CT molecular complexity index is 381. The molecular weight excluding hydrogens is 294 g/mol. The van der Waals surface area contributed by atoms with Gasteiger partial charge in [-0.15, -0.1) is 0 Å². The van der Waals surface area contributed by atoms with Crippen molar-refractivity contribution >= 4 is 16.0 Å². The van der Waals surface area contributed by atoms with Crippen LogP contribution in [0.25, 0.3) is 0 Å². The maximum atomic E-state index is 11.7. The van der Waals surface area contributed by atoms with Gasteiger partial charge in [-0.05, 0) is 32.6 Å². The first-order valence-corrected chi connectivity index (χ1v) is 9.22. The van der Waals surface area contributed by atoms with Gasteiger partial charge < -0.3 is 9.84 Å². The van der Waals surface area contributed by atoms with Gasteiger partial charge in [-0.3, -0.25) is 4.79 Å². The molecule has 21 heavy (non-hydrogen) atoms. The zero-order valence-electron chi connectivity index (χ0n) is 13.3. The molecule has 0 aliphatic rings. The fourth-order valence-corrected chi connectivity index (χ4v) is 2.94. The lowest BCUT2D eigenvalue weighted by Gasteiger charge is -2.15. The topological polar surface area (TPSA) is 92.7 Å². The van der Waals surface area contributed by atoms with Crippen molar-refractivity contribution in [2.24, 2.45) is 5.92 Å². The maximum Gasteiger partial charge on any atom is 0.303 e. The van der Waals surface area contributed by atoms with Crippen LogP contribution in [-0.2, 0) is 19.6 Å². The van der Waals surface area contributed by atoms with Gasteiger partial charge in [-0.2, -0.15) is 0 Å². The second-order valence-electron chi connectivity index (χ2n) is 5.51. The zero-order valence-corrected chi connectivity index (χ0v) is 14.1. The van der Waals surface area contributed by atoms with Crippen molar-refractivity contribution in [2.75, 3.05) is 18.9 Å². The van der Waals surface area contributed by atoms with Crippen molar-refractivity contribution in [1.29, 1.82) is 0 Å². The van der Waals surface area contributed by atoms with Gasteiger partial charge in [0, 0.05) is 13.0 Å². The van der Waals surface area contributed by atoms with E-state index in [9.17, 15) is 13.2 Å². The van der Waals surface area contributed by atoms with E-state index in [0.29, 0.717) is 19.4 Å². The Kier molecular flexibility index (Phi) is 10.6. The number of sulfonamides is 1. The second kappa shape index (κ2) is 11.0. The van der Waals surface area contributed by atoms with E-state index >= 15 is 0 Å². The van der Waals surface area contributed by atoms with Gasteiger partial charge >= 0.3 is 5.97 Å². The third kappa shape index (κ3) is 12.8.